The quantitative estimate of drug-likeness (QED) is 0.924. The molecular weight excluding hydrogens is 266 g/mol. The van der Waals surface area contributed by atoms with Crippen LogP contribution in [-0.4, -0.2) is 42.6 Å². The molecule has 5 nitrogen and oxygen atoms in total. The van der Waals surface area contributed by atoms with E-state index in [4.69, 9.17) is 10.5 Å². The van der Waals surface area contributed by atoms with E-state index in [0.29, 0.717) is 17.3 Å². The van der Waals surface area contributed by atoms with Gasteiger partial charge in [-0.05, 0) is 36.8 Å². The molecule has 1 atom stereocenters. The first-order chi connectivity index (χ1) is 9.97. The molecule has 0 aliphatic carbocycles. The maximum atomic E-state index is 12.5. The van der Waals surface area contributed by atoms with Crippen molar-refractivity contribution in [2.45, 2.75) is 32.6 Å². The summed E-state index contributed by atoms with van der Waals surface area (Å²) in [5.74, 6) is 1.07. The number of pyridine rings is 1. The number of nitrogen functional groups attached to an aromatic ring is 1. The minimum absolute atomic E-state index is 0.00317. The van der Waals surface area contributed by atoms with Gasteiger partial charge in [-0.25, -0.2) is 4.98 Å². The number of rotatable bonds is 4. The Morgan fingerprint density at radius 1 is 1.52 bits per heavy atom. The normalized spacial score (nSPS) is 18.8. The average Bonchev–Trinajstić information content (AvgIpc) is 2.46. The number of amides is 1. The van der Waals surface area contributed by atoms with E-state index >= 15 is 0 Å². The lowest BCUT2D eigenvalue weighted by Crippen LogP contribution is -2.35. The van der Waals surface area contributed by atoms with Gasteiger partial charge in [-0.3, -0.25) is 4.79 Å². The number of ether oxygens (including phenoxy) is 1. The molecule has 5 heteroatoms. The second-order valence-corrected chi connectivity index (χ2v) is 6.13. The zero-order chi connectivity index (χ0) is 15.4. The van der Waals surface area contributed by atoms with E-state index < -0.39 is 0 Å². The van der Waals surface area contributed by atoms with Gasteiger partial charge < -0.3 is 15.4 Å². The first-order valence-corrected chi connectivity index (χ1v) is 7.58. The molecule has 2 heterocycles. The van der Waals surface area contributed by atoms with Crippen LogP contribution < -0.4 is 5.73 Å². The van der Waals surface area contributed by atoms with Gasteiger partial charge in [-0.2, -0.15) is 0 Å². The minimum atomic E-state index is -0.00317. The third kappa shape index (κ3) is 4.17. The molecule has 21 heavy (non-hydrogen) atoms. The molecule has 2 rings (SSSR count). The van der Waals surface area contributed by atoms with E-state index in [2.05, 4.69) is 4.98 Å². The van der Waals surface area contributed by atoms with Gasteiger partial charge in [-0.1, -0.05) is 13.8 Å². The molecule has 1 aromatic rings. The summed E-state index contributed by atoms with van der Waals surface area (Å²) < 4.78 is 5.47. The third-order valence-electron chi connectivity index (χ3n) is 3.84. The van der Waals surface area contributed by atoms with Crippen molar-refractivity contribution in [1.82, 2.24) is 9.88 Å². The molecule has 0 saturated carbocycles. The largest absolute Gasteiger partial charge is 0.384 e. The summed E-state index contributed by atoms with van der Waals surface area (Å²) in [5, 5.41) is 0. The number of nitrogens with zero attached hydrogens (tertiary/aromatic N) is 2. The molecular formula is C16H25N3O2. The van der Waals surface area contributed by atoms with Crippen molar-refractivity contribution in [2.24, 2.45) is 5.92 Å². The van der Waals surface area contributed by atoms with Gasteiger partial charge in [0.2, 0.25) is 0 Å². The summed E-state index contributed by atoms with van der Waals surface area (Å²) in [6.07, 6.45) is 2.19. The first-order valence-electron chi connectivity index (χ1n) is 7.58. The highest BCUT2D eigenvalue weighted by atomic mass is 16.5. The van der Waals surface area contributed by atoms with Crippen molar-refractivity contribution in [3.8, 4) is 0 Å². The zero-order valence-corrected chi connectivity index (χ0v) is 13.1. The lowest BCUT2D eigenvalue weighted by molar-refractivity contribution is 0.0388. The molecule has 0 spiro atoms. The smallest absolute Gasteiger partial charge is 0.253 e. The van der Waals surface area contributed by atoms with Crippen molar-refractivity contribution in [3.63, 3.8) is 0 Å². The number of hydrogen-bond donors (Lipinski definition) is 1. The standard InChI is InChI=1S/C16H25N3O2/c1-11(2)14-7-13(8-15(17)18-14)16(20)19(3)9-12-5-4-6-21-10-12/h7-8,11-12H,4-6,9-10H2,1-3H3,(H2,17,18). The predicted octanol–water partition coefficient (Wildman–Crippen LogP) is 2.29. The van der Waals surface area contributed by atoms with E-state index in [1.54, 1.807) is 11.0 Å². The van der Waals surface area contributed by atoms with E-state index in [1.807, 2.05) is 27.0 Å². The second-order valence-electron chi connectivity index (χ2n) is 6.13. The van der Waals surface area contributed by atoms with Crippen LogP contribution in [0, 0.1) is 5.92 Å². The van der Waals surface area contributed by atoms with E-state index in [1.165, 1.54) is 0 Å². The maximum absolute atomic E-state index is 12.5. The average molecular weight is 291 g/mol. The number of nitrogens with two attached hydrogens (primary N) is 1. The molecule has 1 amide bonds. The Balaban J connectivity index is 2.07. The number of hydrogen-bond acceptors (Lipinski definition) is 4. The summed E-state index contributed by atoms with van der Waals surface area (Å²) in [6, 6.07) is 3.50. The van der Waals surface area contributed by atoms with Crippen molar-refractivity contribution >= 4 is 11.7 Å². The Labute approximate surface area is 126 Å². The molecule has 1 saturated heterocycles. The monoisotopic (exact) mass is 291 g/mol. The fourth-order valence-corrected chi connectivity index (χ4v) is 2.64. The van der Waals surface area contributed by atoms with E-state index in [0.717, 1.165) is 38.3 Å². The van der Waals surface area contributed by atoms with Crippen molar-refractivity contribution in [1.29, 1.82) is 0 Å². The highest BCUT2D eigenvalue weighted by molar-refractivity contribution is 5.94. The Morgan fingerprint density at radius 3 is 2.90 bits per heavy atom. The predicted molar refractivity (Wildman–Crippen MR) is 83.2 cm³/mol. The molecule has 0 bridgehead atoms. The van der Waals surface area contributed by atoms with E-state index in [-0.39, 0.29) is 11.8 Å². The van der Waals surface area contributed by atoms with E-state index in [9.17, 15) is 4.79 Å². The number of carbonyl (C=O) groups is 1. The minimum Gasteiger partial charge on any atom is -0.384 e. The van der Waals surface area contributed by atoms with Crippen LogP contribution in [0.4, 0.5) is 5.82 Å². The second kappa shape index (κ2) is 6.89. The maximum Gasteiger partial charge on any atom is 0.253 e. The number of aromatic nitrogens is 1. The lowest BCUT2D eigenvalue weighted by Gasteiger charge is -2.27. The Kier molecular flexibility index (Phi) is 5.17. The van der Waals surface area contributed by atoms with Crippen LogP contribution in [0.2, 0.25) is 0 Å². The molecule has 1 fully saturated rings. The summed E-state index contributed by atoms with van der Waals surface area (Å²) in [5.41, 5.74) is 7.29. The van der Waals surface area contributed by atoms with Crippen LogP contribution in [0.15, 0.2) is 12.1 Å². The Bertz CT molecular complexity index is 496. The van der Waals surface area contributed by atoms with Crippen LogP contribution in [0.3, 0.4) is 0 Å². The number of anilines is 1. The SMILES string of the molecule is CC(C)c1cc(C(=O)N(C)CC2CCCOC2)cc(N)n1. The topological polar surface area (TPSA) is 68.5 Å². The summed E-state index contributed by atoms with van der Waals surface area (Å²) in [6.45, 7) is 6.39. The fraction of sp³-hybridized carbons (Fsp3) is 0.625. The van der Waals surface area contributed by atoms with Crippen molar-refractivity contribution in [3.05, 3.63) is 23.4 Å². The first kappa shape index (κ1) is 15.8. The Hall–Kier alpha value is -1.62. The lowest BCUT2D eigenvalue weighted by atomic mass is 10.0. The van der Waals surface area contributed by atoms with Gasteiger partial charge in [0.05, 0.1) is 6.61 Å². The molecule has 0 radical (unpaired) electrons. The zero-order valence-electron chi connectivity index (χ0n) is 13.1. The number of carbonyl (C=O) groups excluding carboxylic acids is 1. The molecule has 1 aliphatic heterocycles. The molecule has 1 unspecified atom stereocenters. The molecule has 1 aliphatic rings. The summed E-state index contributed by atoms with van der Waals surface area (Å²) >= 11 is 0. The van der Waals surface area contributed by atoms with Crippen LogP contribution >= 0.6 is 0 Å². The molecule has 1 aromatic heterocycles. The Morgan fingerprint density at radius 2 is 2.29 bits per heavy atom. The van der Waals surface area contributed by atoms with Crippen molar-refractivity contribution in [2.75, 3.05) is 32.5 Å². The highest BCUT2D eigenvalue weighted by Gasteiger charge is 2.20. The third-order valence-corrected chi connectivity index (χ3v) is 3.84. The van der Waals surface area contributed by atoms with Gasteiger partial charge in [0, 0.05) is 31.5 Å². The van der Waals surface area contributed by atoms with Crippen LogP contribution in [0.5, 0.6) is 0 Å². The molecule has 0 aromatic carbocycles. The highest BCUT2D eigenvalue weighted by Crippen LogP contribution is 2.19. The molecule has 116 valence electrons. The molecule has 2 N–H and O–H groups in total. The fourth-order valence-electron chi connectivity index (χ4n) is 2.64. The summed E-state index contributed by atoms with van der Waals surface area (Å²) in [7, 11) is 1.84. The van der Waals surface area contributed by atoms with Crippen LogP contribution in [0.25, 0.3) is 0 Å². The van der Waals surface area contributed by atoms with Gasteiger partial charge >= 0.3 is 0 Å². The summed E-state index contributed by atoms with van der Waals surface area (Å²) in [4.78, 5) is 18.6. The van der Waals surface area contributed by atoms with Crippen LogP contribution in [0.1, 0.15) is 48.7 Å². The van der Waals surface area contributed by atoms with Gasteiger partial charge in [0.1, 0.15) is 5.82 Å². The van der Waals surface area contributed by atoms with Gasteiger partial charge in [0.25, 0.3) is 5.91 Å². The van der Waals surface area contributed by atoms with Gasteiger partial charge in [-0.15, -0.1) is 0 Å². The van der Waals surface area contributed by atoms with Crippen molar-refractivity contribution < 1.29 is 9.53 Å². The van der Waals surface area contributed by atoms with Crippen LogP contribution in [-0.2, 0) is 4.74 Å². The van der Waals surface area contributed by atoms with Gasteiger partial charge in [0.15, 0.2) is 0 Å².